The van der Waals surface area contributed by atoms with Gasteiger partial charge in [0.05, 0.1) is 16.3 Å². The van der Waals surface area contributed by atoms with E-state index in [9.17, 15) is 9.90 Å². The molecule has 1 N–H and O–H groups in total. The van der Waals surface area contributed by atoms with Crippen molar-refractivity contribution in [3.63, 3.8) is 0 Å². The Morgan fingerprint density at radius 3 is 2.63 bits per heavy atom. The summed E-state index contributed by atoms with van der Waals surface area (Å²) in [6.45, 7) is 3.92. The average molecular weight is 278 g/mol. The van der Waals surface area contributed by atoms with Gasteiger partial charge in [0.25, 0.3) is 0 Å². The molecule has 1 aliphatic rings. The monoisotopic (exact) mass is 277 g/mol. The van der Waals surface area contributed by atoms with Crippen molar-refractivity contribution in [1.29, 1.82) is 0 Å². The minimum Gasteiger partial charge on any atom is -0.511 e. The van der Waals surface area contributed by atoms with Crippen molar-refractivity contribution in [1.82, 2.24) is 0 Å². The van der Waals surface area contributed by atoms with Gasteiger partial charge in [-0.05, 0) is 17.5 Å². The van der Waals surface area contributed by atoms with Gasteiger partial charge >= 0.3 is 0 Å². The lowest BCUT2D eigenvalue weighted by molar-refractivity contribution is -0.117. The highest BCUT2D eigenvalue weighted by atomic mass is 35.5. The fourth-order valence-electron chi connectivity index (χ4n) is 2.14. The van der Waals surface area contributed by atoms with Crippen LogP contribution in [0.1, 0.15) is 26.7 Å². The van der Waals surface area contributed by atoms with Gasteiger partial charge in [-0.3, -0.25) is 9.79 Å². The Hall–Kier alpha value is -1.61. The predicted molar refractivity (Wildman–Crippen MR) is 77.3 cm³/mol. The lowest BCUT2D eigenvalue weighted by Gasteiger charge is -2.28. The van der Waals surface area contributed by atoms with Crippen molar-refractivity contribution >= 4 is 29.3 Å². The van der Waals surface area contributed by atoms with Gasteiger partial charge in [-0.15, -0.1) is 0 Å². The summed E-state index contributed by atoms with van der Waals surface area (Å²) < 4.78 is 0. The molecule has 0 atom stereocenters. The van der Waals surface area contributed by atoms with Crippen molar-refractivity contribution in [3.8, 4) is 0 Å². The number of carbonyl (C=O) groups excluding carboxylic acids is 1. The molecule has 0 heterocycles. The topological polar surface area (TPSA) is 49.7 Å². The van der Waals surface area contributed by atoms with E-state index < -0.39 is 0 Å². The molecule has 100 valence electrons. The SMILES string of the molecule is CC1(C)CC(=O)C(C=Nc2ccccc2Cl)=C(O)C1. The molecule has 0 aliphatic heterocycles. The maximum atomic E-state index is 12.0. The molecule has 4 heteroatoms. The molecule has 2 rings (SSSR count). The van der Waals surface area contributed by atoms with Gasteiger partial charge in [-0.1, -0.05) is 37.6 Å². The number of benzene rings is 1. The first kappa shape index (κ1) is 13.8. The van der Waals surface area contributed by atoms with Crippen molar-refractivity contribution in [2.45, 2.75) is 26.7 Å². The lowest BCUT2D eigenvalue weighted by atomic mass is 9.77. The van der Waals surface area contributed by atoms with E-state index in [2.05, 4.69) is 4.99 Å². The minimum absolute atomic E-state index is 0.0791. The third-order valence-corrected chi connectivity index (χ3v) is 3.40. The van der Waals surface area contributed by atoms with Crippen LogP contribution in [0.2, 0.25) is 5.02 Å². The summed E-state index contributed by atoms with van der Waals surface area (Å²) in [5, 5.41) is 10.5. The molecule has 0 radical (unpaired) electrons. The highest BCUT2D eigenvalue weighted by Gasteiger charge is 2.32. The molecule has 0 saturated carbocycles. The van der Waals surface area contributed by atoms with E-state index in [1.807, 2.05) is 26.0 Å². The van der Waals surface area contributed by atoms with Gasteiger partial charge in [0, 0.05) is 19.1 Å². The molecule has 0 aromatic heterocycles. The Kier molecular flexibility index (Phi) is 3.76. The smallest absolute Gasteiger partial charge is 0.168 e. The first-order valence-corrected chi connectivity index (χ1v) is 6.51. The molecule has 1 aromatic rings. The Morgan fingerprint density at radius 1 is 1.32 bits per heavy atom. The number of Topliss-reactive ketones (excluding diaryl/α,β-unsaturated/α-hetero) is 1. The zero-order chi connectivity index (χ0) is 14.0. The zero-order valence-electron chi connectivity index (χ0n) is 11.0. The first-order chi connectivity index (χ1) is 8.89. The van der Waals surface area contributed by atoms with Crippen LogP contribution in [0.3, 0.4) is 0 Å². The number of hydrogen-bond acceptors (Lipinski definition) is 3. The van der Waals surface area contributed by atoms with Crippen LogP contribution in [0.25, 0.3) is 0 Å². The number of carbonyl (C=O) groups is 1. The molecular formula is C15H16ClNO2. The van der Waals surface area contributed by atoms with Crippen LogP contribution in [0.5, 0.6) is 0 Å². The van der Waals surface area contributed by atoms with Crippen LogP contribution in [0, 0.1) is 5.41 Å². The molecular weight excluding hydrogens is 262 g/mol. The maximum absolute atomic E-state index is 12.0. The largest absolute Gasteiger partial charge is 0.511 e. The molecule has 0 fully saturated rings. The Balaban J connectivity index is 2.28. The van der Waals surface area contributed by atoms with Crippen molar-refractivity contribution in [2.75, 3.05) is 0 Å². The maximum Gasteiger partial charge on any atom is 0.168 e. The van der Waals surface area contributed by atoms with E-state index in [1.54, 1.807) is 12.1 Å². The minimum atomic E-state index is -0.192. The van der Waals surface area contributed by atoms with Crippen molar-refractivity contribution in [2.24, 2.45) is 10.4 Å². The summed E-state index contributed by atoms with van der Waals surface area (Å²) in [4.78, 5) is 16.2. The van der Waals surface area contributed by atoms with Crippen molar-refractivity contribution < 1.29 is 9.90 Å². The van der Waals surface area contributed by atoms with E-state index in [1.165, 1.54) is 6.21 Å². The number of hydrogen-bond donors (Lipinski definition) is 1. The number of aliphatic hydroxyl groups is 1. The van der Waals surface area contributed by atoms with E-state index in [-0.39, 0.29) is 17.0 Å². The Bertz CT molecular complexity index is 573. The lowest BCUT2D eigenvalue weighted by Crippen LogP contribution is -2.26. The highest BCUT2D eigenvalue weighted by Crippen LogP contribution is 2.35. The summed E-state index contributed by atoms with van der Waals surface area (Å²) in [6.07, 6.45) is 2.32. The predicted octanol–water partition coefficient (Wildman–Crippen LogP) is 4.24. The fraction of sp³-hybridized carbons (Fsp3) is 0.333. The van der Waals surface area contributed by atoms with Crippen molar-refractivity contribution in [3.05, 3.63) is 40.6 Å². The number of aliphatic imine (C=N–C) groups is 1. The average Bonchev–Trinajstić information content (AvgIpc) is 2.28. The second kappa shape index (κ2) is 5.17. The molecule has 1 aromatic carbocycles. The molecule has 0 spiro atoms. The van der Waals surface area contributed by atoms with Gasteiger partial charge < -0.3 is 5.11 Å². The van der Waals surface area contributed by atoms with E-state index in [0.29, 0.717) is 29.1 Å². The molecule has 0 saturated heterocycles. The molecule has 19 heavy (non-hydrogen) atoms. The Morgan fingerprint density at radius 2 is 2.00 bits per heavy atom. The first-order valence-electron chi connectivity index (χ1n) is 6.13. The zero-order valence-corrected chi connectivity index (χ0v) is 11.7. The second-order valence-electron chi connectivity index (χ2n) is 5.51. The third kappa shape index (κ3) is 3.24. The number of halogens is 1. The van der Waals surface area contributed by atoms with Crippen LogP contribution in [0.4, 0.5) is 5.69 Å². The van der Waals surface area contributed by atoms with Gasteiger partial charge in [0.15, 0.2) is 5.78 Å². The number of rotatable bonds is 2. The van der Waals surface area contributed by atoms with Gasteiger partial charge in [-0.2, -0.15) is 0 Å². The molecule has 0 amide bonds. The fourth-order valence-corrected chi connectivity index (χ4v) is 2.32. The number of para-hydroxylation sites is 1. The van der Waals surface area contributed by atoms with Crippen LogP contribution in [-0.2, 0) is 4.79 Å². The summed E-state index contributed by atoms with van der Waals surface area (Å²) in [5.74, 6) is 0.0293. The van der Waals surface area contributed by atoms with Crippen LogP contribution >= 0.6 is 11.6 Å². The normalized spacial score (nSPS) is 19.2. The van der Waals surface area contributed by atoms with Crippen LogP contribution in [-0.4, -0.2) is 17.1 Å². The standard InChI is InChI=1S/C15H16ClNO2/c1-15(2)7-13(18)10(14(19)8-15)9-17-12-6-4-3-5-11(12)16/h3-6,9,18H,7-8H2,1-2H3. The highest BCUT2D eigenvalue weighted by molar-refractivity contribution is 6.33. The third-order valence-electron chi connectivity index (χ3n) is 3.08. The molecule has 0 unspecified atom stereocenters. The molecule has 0 bridgehead atoms. The van der Waals surface area contributed by atoms with Crippen LogP contribution < -0.4 is 0 Å². The number of allylic oxidation sites excluding steroid dienone is 2. The quantitative estimate of drug-likeness (QED) is 0.822. The summed E-state index contributed by atoms with van der Waals surface area (Å²) >= 11 is 5.98. The van der Waals surface area contributed by atoms with E-state index in [0.717, 1.165) is 0 Å². The number of aliphatic hydroxyl groups excluding tert-OH is 1. The van der Waals surface area contributed by atoms with Gasteiger partial charge in [0.1, 0.15) is 5.76 Å². The summed E-state index contributed by atoms with van der Waals surface area (Å²) in [5.41, 5.74) is 0.685. The molecule has 3 nitrogen and oxygen atoms in total. The van der Waals surface area contributed by atoms with Gasteiger partial charge in [-0.25, -0.2) is 0 Å². The Labute approximate surface area is 117 Å². The second-order valence-corrected chi connectivity index (χ2v) is 5.92. The number of nitrogens with zero attached hydrogens (tertiary/aromatic N) is 1. The van der Waals surface area contributed by atoms with E-state index >= 15 is 0 Å². The number of ketones is 1. The molecule has 1 aliphatic carbocycles. The summed E-state index contributed by atoms with van der Waals surface area (Å²) in [7, 11) is 0. The summed E-state index contributed by atoms with van der Waals surface area (Å²) in [6, 6.07) is 7.12. The van der Waals surface area contributed by atoms with Gasteiger partial charge in [0.2, 0.25) is 0 Å². The van der Waals surface area contributed by atoms with E-state index in [4.69, 9.17) is 11.6 Å². The van der Waals surface area contributed by atoms with Crippen LogP contribution in [0.15, 0.2) is 40.6 Å².